The van der Waals surface area contributed by atoms with Gasteiger partial charge >= 0.3 is 0 Å². The minimum absolute atomic E-state index is 0.0933. The summed E-state index contributed by atoms with van der Waals surface area (Å²) in [5.74, 6) is 0.205. The zero-order valence-electron chi connectivity index (χ0n) is 19.5. The van der Waals surface area contributed by atoms with Crippen molar-refractivity contribution in [3.05, 3.63) is 52.5 Å². The van der Waals surface area contributed by atoms with E-state index in [4.69, 9.17) is 21.7 Å². The number of amides is 1. The summed E-state index contributed by atoms with van der Waals surface area (Å²) in [6, 6.07) is 11.2. The topological polar surface area (TPSA) is 97.0 Å². The SMILES string of the molecule is CCCN(CCC)S(=O)(=O)c1ccc(NC(=S)NC(=O)c2ccc(OCCOC)c(Br)c2)cc1. The van der Waals surface area contributed by atoms with Gasteiger partial charge in [-0.05, 0) is 83.5 Å². The number of carbonyl (C=O) groups excluding carboxylic acids is 1. The van der Waals surface area contributed by atoms with Crippen LogP contribution in [0.4, 0.5) is 5.69 Å². The van der Waals surface area contributed by atoms with Crippen molar-refractivity contribution in [2.45, 2.75) is 31.6 Å². The number of nitrogens with one attached hydrogen (secondary N) is 2. The first-order chi connectivity index (χ1) is 16.2. The van der Waals surface area contributed by atoms with Gasteiger partial charge in [0, 0.05) is 31.5 Å². The van der Waals surface area contributed by atoms with Gasteiger partial charge in [0.15, 0.2) is 5.11 Å². The lowest BCUT2D eigenvalue weighted by molar-refractivity contribution is 0.0977. The van der Waals surface area contributed by atoms with Crippen molar-refractivity contribution in [3.8, 4) is 5.75 Å². The Morgan fingerprint density at radius 1 is 1.06 bits per heavy atom. The first-order valence-corrected chi connectivity index (χ1v) is 13.5. The van der Waals surface area contributed by atoms with Crippen LogP contribution in [0.25, 0.3) is 0 Å². The molecule has 1 amide bonds. The molecule has 0 unspecified atom stereocenters. The number of carbonyl (C=O) groups is 1. The standard InChI is InChI=1S/C23H30BrN3O5S2/c1-4-12-27(13-5-2)34(29,30)19-9-7-18(8-10-19)25-23(33)26-22(28)17-6-11-21(20(24)16-17)32-15-14-31-3/h6-11,16H,4-5,12-15H2,1-3H3,(H2,25,26,28,33). The summed E-state index contributed by atoms with van der Waals surface area (Å²) >= 11 is 8.63. The third kappa shape index (κ3) is 8.02. The van der Waals surface area contributed by atoms with Crippen molar-refractivity contribution in [3.63, 3.8) is 0 Å². The molecular formula is C23H30BrN3O5S2. The molecule has 0 aromatic heterocycles. The Balaban J connectivity index is 2.00. The van der Waals surface area contributed by atoms with Gasteiger partial charge in [0.05, 0.1) is 16.0 Å². The zero-order chi connectivity index (χ0) is 25.1. The number of rotatable bonds is 12. The quantitative estimate of drug-likeness (QED) is 0.287. The fourth-order valence-corrected chi connectivity index (χ4v) is 5.37. The number of thiocarbonyl (C=S) groups is 1. The minimum Gasteiger partial charge on any atom is -0.490 e. The van der Waals surface area contributed by atoms with Crippen molar-refractivity contribution >= 4 is 54.9 Å². The van der Waals surface area contributed by atoms with Crippen molar-refractivity contribution in [2.75, 3.05) is 38.7 Å². The first-order valence-electron chi connectivity index (χ1n) is 10.9. The van der Waals surface area contributed by atoms with E-state index in [1.807, 2.05) is 13.8 Å². The van der Waals surface area contributed by atoms with Gasteiger partial charge in [-0.1, -0.05) is 13.8 Å². The predicted octanol–water partition coefficient (Wildman–Crippen LogP) is 4.41. The molecule has 0 radical (unpaired) electrons. The summed E-state index contributed by atoms with van der Waals surface area (Å²) in [4.78, 5) is 12.8. The molecule has 0 aliphatic rings. The molecule has 186 valence electrons. The maximum atomic E-state index is 12.9. The van der Waals surface area contributed by atoms with Crippen LogP contribution in [0.1, 0.15) is 37.0 Å². The van der Waals surface area contributed by atoms with E-state index in [1.54, 1.807) is 37.4 Å². The van der Waals surface area contributed by atoms with Crippen molar-refractivity contribution in [1.82, 2.24) is 9.62 Å². The average molecular weight is 573 g/mol. The van der Waals surface area contributed by atoms with Crippen LogP contribution in [-0.4, -0.2) is 57.2 Å². The van der Waals surface area contributed by atoms with E-state index in [1.165, 1.54) is 16.4 Å². The minimum atomic E-state index is -3.56. The number of sulfonamides is 1. The highest BCUT2D eigenvalue weighted by Crippen LogP contribution is 2.26. The second-order valence-electron chi connectivity index (χ2n) is 7.32. The normalized spacial score (nSPS) is 11.3. The van der Waals surface area contributed by atoms with Gasteiger partial charge in [0.2, 0.25) is 10.0 Å². The van der Waals surface area contributed by atoms with Crippen LogP contribution in [0.15, 0.2) is 51.8 Å². The Morgan fingerprint density at radius 3 is 2.26 bits per heavy atom. The molecule has 0 aliphatic carbocycles. The Bertz CT molecular complexity index is 1070. The first kappa shape index (κ1) is 28.2. The third-order valence-electron chi connectivity index (χ3n) is 4.66. The van der Waals surface area contributed by atoms with Crippen LogP contribution in [0, 0.1) is 0 Å². The highest BCUT2D eigenvalue weighted by Gasteiger charge is 2.22. The number of methoxy groups -OCH3 is 1. The Kier molecular flexibility index (Phi) is 11.4. The van der Waals surface area contributed by atoms with Gasteiger partial charge in [-0.2, -0.15) is 4.31 Å². The van der Waals surface area contributed by atoms with Crippen molar-refractivity contribution < 1.29 is 22.7 Å². The summed E-state index contributed by atoms with van der Waals surface area (Å²) in [7, 11) is -1.97. The summed E-state index contributed by atoms with van der Waals surface area (Å²) < 4.78 is 38.4. The number of anilines is 1. The van der Waals surface area contributed by atoms with Crippen molar-refractivity contribution in [2.24, 2.45) is 0 Å². The lowest BCUT2D eigenvalue weighted by Crippen LogP contribution is -2.34. The molecular weight excluding hydrogens is 542 g/mol. The lowest BCUT2D eigenvalue weighted by atomic mass is 10.2. The summed E-state index contributed by atoms with van der Waals surface area (Å²) in [6.45, 7) is 5.70. The average Bonchev–Trinajstić information content (AvgIpc) is 2.80. The highest BCUT2D eigenvalue weighted by atomic mass is 79.9. The number of benzene rings is 2. The van der Waals surface area contributed by atoms with Gasteiger partial charge in [0.1, 0.15) is 12.4 Å². The van der Waals surface area contributed by atoms with E-state index < -0.39 is 15.9 Å². The van der Waals surface area contributed by atoms with Crippen LogP contribution in [-0.2, 0) is 14.8 Å². The second-order valence-corrected chi connectivity index (χ2v) is 10.5. The maximum absolute atomic E-state index is 12.9. The molecule has 8 nitrogen and oxygen atoms in total. The van der Waals surface area contributed by atoms with E-state index in [0.29, 0.717) is 47.8 Å². The molecule has 0 fully saturated rings. The Hall–Kier alpha value is -2.05. The molecule has 0 bridgehead atoms. The van der Waals surface area contributed by atoms with Crippen LogP contribution >= 0.6 is 28.1 Å². The van der Waals surface area contributed by atoms with E-state index in [9.17, 15) is 13.2 Å². The van der Waals surface area contributed by atoms with Crippen LogP contribution in [0.3, 0.4) is 0 Å². The molecule has 0 aliphatic heterocycles. The second kappa shape index (κ2) is 13.7. The molecule has 0 saturated heterocycles. The van der Waals surface area contributed by atoms with Gasteiger partial charge in [-0.25, -0.2) is 8.42 Å². The Morgan fingerprint density at radius 2 is 1.71 bits per heavy atom. The van der Waals surface area contributed by atoms with Gasteiger partial charge in [-0.3, -0.25) is 10.1 Å². The molecule has 0 saturated carbocycles. The van der Waals surface area contributed by atoms with Gasteiger partial charge in [0.25, 0.3) is 5.91 Å². The van der Waals surface area contributed by atoms with Gasteiger partial charge < -0.3 is 14.8 Å². The van der Waals surface area contributed by atoms with Crippen LogP contribution < -0.4 is 15.4 Å². The maximum Gasteiger partial charge on any atom is 0.257 e. The fourth-order valence-electron chi connectivity index (χ4n) is 3.04. The van der Waals surface area contributed by atoms with E-state index in [-0.39, 0.29) is 10.0 Å². The molecule has 2 aromatic carbocycles. The smallest absolute Gasteiger partial charge is 0.257 e. The number of nitrogens with zero attached hydrogens (tertiary/aromatic N) is 1. The fraction of sp³-hybridized carbons (Fsp3) is 0.391. The summed E-state index contributed by atoms with van der Waals surface area (Å²) in [5, 5.41) is 5.61. The largest absolute Gasteiger partial charge is 0.490 e. The zero-order valence-corrected chi connectivity index (χ0v) is 22.7. The lowest BCUT2D eigenvalue weighted by Gasteiger charge is -2.21. The van der Waals surface area contributed by atoms with E-state index in [2.05, 4.69) is 26.6 Å². The molecule has 11 heteroatoms. The molecule has 34 heavy (non-hydrogen) atoms. The highest BCUT2D eigenvalue weighted by molar-refractivity contribution is 9.10. The summed E-state index contributed by atoms with van der Waals surface area (Å²) in [6.07, 6.45) is 1.49. The molecule has 2 N–H and O–H groups in total. The van der Waals surface area contributed by atoms with E-state index in [0.717, 1.165) is 12.8 Å². The number of halogens is 1. The number of hydrogen-bond acceptors (Lipinski definition) is 6. The van der Waals surface area contributed by atoms with Crippen molar-refractivity contribution in [1.29, 1.82) is 0 Å². The molecule has 2 aromatic rings. The Labute approximate surface area is 215 Å². The monoisotopic (exact) mass is 571 g/mol. The summed E-state index contributed by atoms with van der Waals surface area (Å²) in [5.41, 5.74) is 0.952. The molecule has 0 atom stereocenters. The molecule has 2 rings (SSSR count). The molecule has 0 heterocycles. The van der Waals surface area contributed by atoms with E-state index >= 15 is 0 Å². The predicted molar refractivity (Wildman–Crippen MR) is 141 cm³/mol. The third-order valence-corrected chi connectivity index (χ3v) is 7.40. The molecule has 0 spiro atoms. The van der Waals surface area contributed by atoms with Gasteiger partial charge in [-0.15, -0.1) is 0 Å². The number of hydrogen-bond donors (Lipinski definition) is 2. The van der Waals surface area contributed by atoms with Crippen LogP contribution in [0.5, 0.6) is 5.75 Å². The van der Waals surface area contributed by atoms with Crippen LogP contribution in [0.2, 0.25) is 0 Å². The number of ether oxygens (including phenoxy) is 2.